The van der Waals surface area contributed by atoms with Crippen molar-refractivity contribution in [2.24, 2.45) is 0 Å². The van der Waals surface area contributed by atoms with Gasteiger partial charge < -0.3 is 54.2 Å². The van der Waals surface area contributed by atoms with E-state index in [1.807, 2.05) is 173 Å². The first-order valence-electron chi connectivity index (χ1n) is 33.5. The molecule has 14 nitrogen and oxygen atoms in total. The maximum atomic E-state index is 13.6. The van der Waals surface area contributed by atoms with Gasteiger partial charge in [0.15, 0.2) is 23.1 Å². The van der Waals surface area contributed by atoms with Gasteiger partial charge in [-0.15, -0.1) is 0 Å². The molecule has 3 aromatic heterocycles. The first-order valence-corrected chi connectivity index (χ1v) is 37.2. The van der Waals surface area contributed by atoms with Gasteiger partial charge in [-0.05, 0) is 169 Å². The molecule has 102 heavy (non-hydrogen) atoms. The van der Waals surface area contributed by atoms with E-state index in [1.54, 1.807) is 42.5 Å². The molecule has 0 saturated carbocycles. The summed E-state index contributed by atoms with van der Waals surface area (Å²) in [6.45, 7) is 18.5. The second kappa shape index (κ2) is 35.0. The molecular weight excluding hydrogens is 1640 g/mol. The first kappa shape index (κ1) is 75.3. The number of fused-ring (bicyclic) bond motifs is 3. The molecule has 0 amide bonds. The number of ketones is 3. The van der Waals surface area contributed by atoms with Crippen molar-refractivity contribution >= 4 is 156 Å². The van der Waals surface area contributed by atoms with Gasteiger partial charge in [0.05, 0.1) is 44.2 Å². The van der Waals surface area contributed by atoms with E-state index < -0.39 is 0 Å². The molecule has 0 unspecified atom stereocenters. The van der Waals surface area contributed by atoms with Gasteiger partial charge in [0.25, 0.3) is 0 Å². The second-order valence-corrected chi connectivity index (χ2v) is 28.3. The van der Waals surface area contributed by atoms with Gasteiger partial charge in [0, 0.05) is 87.0 Å². The van der Waals surface area contributed by atoms with Crippen LogP contribution in [0.2, 0.25) is 0 Å². The van der Waals surface area contributed by atoms with E-state index >= 15 is 0 Å². The minimum absolute atomic E-state index is 0.0530. The average Bonchev–Trinajstić information content (AvgIpc) is 1.66. The van der Waals surface area contributed by atoms with Crippen molar-refractivity contribution < 1.29 is 57.2 Å². The summed E-state index contributed by atoms with van der Waals surface area (Å²) in [6.07, 6.45) is 11.1. The third-order valence-corrected chi connectivity index (χ3v) is 19.8. The van der Waals surface area contributed by atoms with Crippen molar-refractivity contribution in [2.75, 3.05) is 11.5 Å². The number of halogens is 4. The highest BCUT2D eigenvalue weighted by Gasteiger charge is 2.28. The Hall–Kier alpha value is -9.35. The van der Waals surface area contributed by atoms with Crippen LogP contribution in [0.4, 0.5) is 11.4 Å². The first-order chi connectivity index (χ1) is 49.2. The maximum Gasteiger partial charge on any atom is 0.197 e. The van der Waals surface area contributed by atoms with E-state index in [2.05, 4.69) is 72.4 Å². The highest BCUT2D eigenvalue weighted by molar-refractivity contribution is 14.1. The highest BCUT2D eigenvalue weighted by atomic mass is 127. The number of nitrogens with two attached hydrogens (primary N) is 2. The topological polar surface area (TPSA) is 231 Å². The largest absolute Gasteiger partial charge is 0.506 e. The van der Waals surface area contributed by atoms with E-state index in [9.17, 15) is 29.7 Å². The molecule has 0 radical (unpaired) electrons. The molecule has 0 aliphatic carbocycles. The summed E-state index contributed by atoms with van der Waals surface area (Å²) in [5.74, 6) is 4.79. The fraction of sp³-hybridized carbons (Fsp3) is 0.179. The summed E-state index contributed by atoms with van der Waals surface area (Å²) in [5.41, 5.74) is 19.1. The molecular formula is C84H76Br2I2N2O12. The molecule has 12 rings (SSSR count). The lowest BCUT2D eigenvalue weighted by Gasteiger charge is -2.09. The molecule has 18 heteroatoms. The Labute approximate surface area is 636 Å². The number of phenolic OH excluding ortho intramolecular Hbond substituents is 3. The van der Waals surface area contributed by atoms with Gasteiger partial charge in [-0.25, -0.2) is 0 Å². The fourth-order valence-corrected chi connectivity index (χ4v) is 14.5. The number of nitrogen functional groups attached to an aromatic ring is 2. The number of anilines is 2. The van der Waals surface area contributed by atoms with Crippen molar-refractivity contribution in [1.82, 2.24) is 0 Å². The molecule has 0 bridgehead atoms. The van der Waals surface area contributed by atoms with E-state index in [0.717, 1.165) is 85.3 Å². The SMILES string of the molecule is C=C(Oc1ccc2c(C(=O)c3cc(Br)c(O)c(Br)c3)c(CCCCC)oc2c1)c1ccccc1.C=C(Oc1ccc2c(C(=O)c3cc(I)c(O)c(I)c3)c(CCCCC)oc2c1)c1ccccc1.C=C(Oc1ccc2c(C(=O)c3cc(N)c(O)c(N)c3)c(CCCCC)oc2c1)c1ccccc1. The predicted molar refractivity (Wildman–Crippen MR) is 431 cm³/mol. The number of unbranched alkanes of at least 4 members (excludes halogenated alkanes) is 6. The fourth-order valence-electron chi connectivity index (χ4n) is 11.6. The van der Waals surface area contributed by atoms with Gasteiger partial charge in [-0.3, -0.25) is 14.4 Å². The maximum absolute atomic E-state index is 13.6. The Morgan fingerprint density at radius 1 is 0.392 bits per heavy atom. The molecule has 0 saturated heterocycles. The summed E-state index contributed by atoms with van der Waals surface area (Å²) in [6, 6.07) is 54.9. The Bertz CT molecular complexity index is 4510. The Balaban J connectivity index is 0.000000165. The molecule has 12 aromatic rings. The van der Waals surface area contributed by atoms with Gasteiger partial charge >= 0.3 is 0 Å². The minimum Gasteiger partial charge on any atom is -0.506 e. The van der Waals surface area contributed by atoms with E-state index in [4.69, 9.17) is 38.9 Å². The van der Waals surface area contributed by atoms with Gasteiger partial charge in [0.1, 0.15) is 80.1 Å². The van der Waals surface area contributed by atoms with E-state index in [1.165, 1.54) is 12.1 Å². The van der Waals surface area contributed by atoms with Crippen LogP contribution in [0.5, 0.6) is 34.5 Å². The van der Waals surface area contributed by atoms with Crippen LogP contribution in [0.25, 0.3) is 50.2 Å². The summed E-state index contributed by atoms with van der Waals surface area (Å²) in [4.78, 5) is 40.8. The van der Waals surface area contributed by atoms with Crippen LogP contribution in [0, 0.1) is 7.14 Å². The number of phenols is 3. The Kier molecular flexibility index (Phi) is 25.9. The number of rotatable bonds is 27. The standard InChI is InChI=1S/C28H24Br2O4.C28H24I2O4.C28H28N2O4/c3*1-3-4-6-11-24-26(27(31)19-14-22(29)28(32)23(30)15-19)21-13-12-20(16-25(21)34-24)33-17(2)18-9-7-5-8-10-18/h2*5,7-10,12-16,32H,2-4,6,11H2,1H3;5,7-10,12-16,32H,2-4,6,11,29-30H2,1H3. The van der Waals surface area contributed by atoms with Crippen molar-refractivity contribution in [3.05, 3.63) is 285 Å². The molecule has 0 aliphatic rings. The summed E-state index contributed by atoms with van der Waals surface area (Å²) in [7, 11) is 0. The Morgan fingerprint density at radius 3 is 0.990 bits per heavy atom. The minimum atomic E-state index is -0.258. The number of hydrogen-bond donors (Lipinski definition) is 5. The predicted octanol–water partition coefficient (Wildman–Crippen LogP) is 23.4. The van der Waals surface area contributed by atoms with Crippen molar-refractivity contribution in [3.8, 4) is 34.5 Å². The van der Waals surface area contributed by atoms with Crippen LogP contribution < -0.4 is 25.7 Å². The van der Waals surface area contributed by atoms with Gasteiger partial charge in [-0.1, -0.05) is 170 Å². The number of furan rings is 3. The van der Waals surface area contributed by atoms with Crippen LogP contribution >= 0.6 is 77.0 Å². The number of ether oxygens (including phenoxy) is 3. The molecule has 0 atom stereocenters. The zero-order valence-corrected chi connectivity index (χ0v) is 64.1. The van der Waals surface area contributed by atoms with Crippen LogP contribution in [-0.4, -0.2) is 32.7 Å². The monoisotopic (exact) mass is 1720 g/mol. The third-order valence-electron chi connectivity index (χ3n) is 16.9. The molecule has 0 spiro atoms. The number of aryl methyl sites for hydroxylation is 3. The van der Waals surface area contributed by atoms with Crippen LogP contribution in [0.3, 0.4) is 0 Å². The van der Waals surface area contributed by atoms with Crippen molar-refractivity contribution in [2.45, 2.75) is 97.8 Å². The van der Waals surface area contributed by atoms with Crippen molar-refractivity contribution in [1.29, 1.82) is 0 Å². The van der Waals surface area contributed by atoms with Crippen LogP contribution in [-0.2, 0) is 19.3 Å². The lowest BCUT2D eigenvalue weighted by molar-refractivity contribution is 0.103. The summed E-state index contributed by atoms with van der Waals surface area (Å²) >= 11 is 10.7. The quantitative estimate of drug-likeness (QED) is 0.00805. The highest BCUT2D eigenvalue weighted by Crippen LogP contribution is 2.41. The summed E-state index contributed by atoms with van der Waals surface area (Å²) in [5, 5.41) is 32.2. The van der Waals surface area contributed by atoms with E-state index in [-0.39, 0.29) is 46.0 Å². The third kappa shape index (κ3) is 18.1. The smallest absolute Gasteiger partial charge is 0.197 e. The van der Waals surface area contributed by atoms with Gasteiger partial charge in [0.2, 0.25) is 0 Å². The lowest BCUT2D eigenvalue weighted by atomic mass is 9.97. The number of carbonyl (C=O) groups excluding carboxylic acids is 3. The number of carbonyl (C=O) groups is 3. The molecule has 0 aliphatic heterocycles. The van der Waals surface area contributed by atoms with Crippen molar-refractivity contribution in [3.63, 3.8) is 0 Å². The molecule has 9 aromatic carbocycles. The van der Waals surface area contributed by atoms with Crippen LogP contribution in [0.1, 0.15) is 160 Å². The molecule has 522 valence electrons. The average molecular weight is 1720 g/mol. The molecule has 0 fully saturated rings. The molecule has 3 heterocycles. The Morgan fingerprint density at radius 2 is 0.686 bits per heavy atom. The molecule has 7 N–H and O–H groups in total. The zero-order valence-electron chi connectivity index (χ0n) is 56.6. The zero-order chi connectivity index (χ0) is 72.7. The normalized spacial score (nSPS) is 11.0. The summed E-state index contributed by atoms with van der Waals surface area (Å²) < 4.78 is 38.6. The lowest BCUT2D eigenvalue weighted by Crippen LogP contribution is -2.06. The van der Waals surface area contributed by atoms with E-state index in [0.29, 0.717) is 143 Å². The second-order valence-electron chi connectivity index (χ2n) is 24.3. The number of benzene rings is 9. The van der Waals surface area contributed by atoms with Crippen LogP contribution in [0.15, 0.2) is 224 Å². The van der Waals surface area contributed by atoms with Gasteiger partial charge in [-0.2, -0.15) is 0 Å². The number of hydrogen-bond acceptors (Lipinski definition) is 14. The number of aromatic hydroxyl groups is 3.